The minimum Gasteiger partial charge on any atom is -0.248 e. The molecular weight excluding hydrogens is 296 g/mol. The smallest absolute Gasteiger partial charge is 0.129 e. The first-order valence-corrected chi connectivity index (χ1v) is 6.08. The second kappa shape index (κ2) is 4.93. The van der Waals surface area contributed by atoms with Gasteiger partial charge in [-0.3, -0.25) is 0 Å². The molecule has 2 rings (SSSR count). The molecule has 1 heterocycles. The van der Waals surface area contributed by atoms with Crippen LogP contribution >= 0.6 is 27.5 Å². The van der Waals surface area contributed by atoms with Crippen LogP contribution in [-0.4, -0.2) is 15.0 Å². The standard InChI is InChI=1S/C10H8BrClFN3/c11-4-7-5-16(15-14-7)6-8-9(12)2-1-3-10(8)13/h1-3,5H,4,6H2. The molecule has 16 heavy (non-hydrogen) atoms. The highest BCUT2D eigenvalue weighted by Crippen LogP contribution is 2.19. The number of rotatable bonds is 3. The molecule has 6 heteroatoms. The van der Waals surface area contributed by atoms with E-state index in [1.807, 2.05) is 0 Å². The molecule has 3 nitrogen and oxygen atoms in total. The highest BCUT2D eigenvalue weighted by Gasteiger charge is 2.08. The number of hydrogen-bond donors (Lipinski definition) is 0. The van der Waals surface area contributed by atoms with Gasteiger partial charge in [0.25, 0.3) is 0 Å². The van der Waals surface area contributed by atoms with Crippen molar-refractivity contribution >= 4 is 27.5 Å². The summed E-state index contributed by atoms with van der Waals surface area (Å²) >= 11 is 9.18. The monoisotopic (exact) mass is 303 g/mol. The van der Waals surface area contributed by atoms with Gasteiger partial charge in [-0.05, 0) is 12.1 Å². The fourth-order valence-electron chi connectivity index (χ4n) is 1.32. The van der Waals surface area contributed by atoms with Crippen LogP contribution in [0.1, 0.15) is 11.3 Å². The van der Waals surface area contributed by atoms with Crippen molar-refractivity contribution in [3.8, 4) is 0 Å². The molecule has 1 aromatic heterocycles. The Bertz CT molecular complexity index is 480. The van der Waals surface area contributed by atoms with E-state index in [0.717, 1.165) is 5.69 Å². The molecular formula is C10H8BrClFN3. The van der Waals surface area contributed by atoms with Crippen molar-refractivity contribution in [2.24, 2.45) is 0 Å². The van der Waals surface area contributed by atoms with E-state index in [9.17, 15) is 4.39 Å². The van der Waals surface area contributed by atoms with Gasteiger partial charge in [-0.15, -0.1) is 5.10 Å². The Morgan fingerprint density at radius 3 is 2.88 bits per heavy atom. The van der Waals surface area contributed by atoms with Gasteiger partial charge in [0.2, 0.25) is 0 Å². The predicted molar refractivity (Wildman–Crippen MR) is 63.2 cm³/mol. The van der Waals surface area contributed by atoms with E-state index in [4.69, 9.17) is 11.6 Å². The minimum absolute atomic E-state index is 0.283. The third kappa shape index (κ3) is 2.41. The van der Waals surface area contributed by atoms with Crippen LogP contribution in [0.3, 0.4) is 0 Å². The molecule has 0 unspecified atom stereocenters. The molecule has 0 bridgehead atoms. The maximum Gasteiger partial charge on any atom is 0.129 e. The second-order valence-corrected chi connectivity index (χ2v) is 4.21. The van der Waals surface area contributed by atoms with E-state index >= 15 is 0 Å². The van der Waals surface area contributed by atoms with Gasteiger partial charge in [-0.1, -0.05) is 38.8 Å². The van der Waals surface area contributed by atoms with Crippen LogP contribution in [0, 0.1) is 5.82 Å². The van der Waals surface area contributed by atoms with Gasteiger partial charge < -0.3 is 0 Å². The van der Waals surface area contributed by atoms with E-state index in [0.29, 0.717) is 15.9 Å². The summed E-state index contributed by atoms with van der Waals surface area (Å²) < 4.78 is 15.0. The first-order valence-electron chi connectivity index (χ1n) is 4.58. The van der Waals surface area contributed by atoms with Crippen molar-refractivity contribution in [3.05, 3.63) is 46.5 Å². The van der Waals surface area contributed by atoms with E-state index in [-0.39, 0.29) is 12.4 Å². The lowest BCUT2D eigenvalue weighted by molar-refractivity contribution is 0.577. The Morgan fingerprint density at radius 1 is 1.44 bits per heavy atom. The van der Waals surface area contributed by atoms with Gasteiger partial charge in [-0.25, -0.2) is 9.07 Å². The lowest BCUT2D eigenvalue weighted by Crippen LogP contribution is -2.03. The largest absolute Gasteiger partial charge is 0.248 e. The fraction of sp³-hybridized carbons (Fsp3) is 0.200. The van der Waals surface area contributed by atoms with E-state index < -0.39 is 0 Å². The van der Waals surface area contributed by atoms with Gasteiger partial charge in [-0.2, -0.15) is 0 Å². The molecule has 0 amide bonds. The Balaban J connectivity index is 2.26. The van der Waals surface area contributed by atoms with Crippen molar-refractivity contribution in [3.63, 3.8) is 0 Å². The summed E-state index contributed by atoms with van der Waals surface area (Å²) in [7, 11) is 0. The molecule has 0 spiro atoms. The summed E-state index contributed by atoms with van der Waals surface area (Å²) in [5, 5.41) is 8.79. The van der Waals surface area contributed by atoms with Crippen LogP contribution in [0.15, 0.2) is 24.4 Å². The van der Waals surface area contributed by atoms with Gasteiger partial charge >= 0.3 is 0 Å². The summed E-state index contributed by atoms with van der Waals surface area (Å²) in [5.74, 6) is -0.330. The lowest BCUT2D eigenvalue weighted by atomic mass is 10.2. The summed E-state index contributed by atoms with van der Waals surface area (Å²) in [6, 6.07) is 4.61. The summed E-state index contributed by atoms with van der Waals surface area (Å²) in [6.45, 7) is 0.283. The number of alkyl halides is 1. The molecule has 0 aliphatic rings. The summed E-state index contributed by atoms with van der Waals surface area (Å²) in [5.41, 5.74) is 1.22. The Hall–Kier alpha value is -0.940. The van der Waals surface area contributed by atoms with E-state index in [1.54, 1.807) is 23.0 Å². The van der Waals surface area contributed by atoms with Crippen LogP contribution in [-0.2, 0) is 11.9 Å². The number of aromatic nitrogens is 3. The molecule has 0 saturated heterocycles. The third-order valence-corrected chi connectivity index (χ3v) is 3.03. The molecule has 84 valence electrons. The second-order valence-electron chi connectivity index (χ2n) is 3.24. The zero-order valence-electron chi connectivity index (χ0n) is 8.20. The van der Waals surface area contributed by atoms with Crippen molar-refractivity contribution in [2.75, 3.05) is 0 Å². The molecule has 0 fully saturated rings. The predicted octanol–water partition coefficient (Wildman–Crippen LogP) is 3.01. The number of halogens is 3. The van der Waals surface area contributed by atoms with E-state index in [2.05, 4.69) is 26.2 Å². The quantitative estimate of drug-likeness (QED) is 0.816. The zero-order chi connectivity index (χ0) is 11.5. The minimum atomic E-state index is -0.330. The maximum atomic E-state index is 13.5. The van der Waals surface area contributed by atoms with Crippen LogP contribution in [0.4, 0.5) is 4.39 Å². The highest BCUT2D eigenvalue weighted by atomic mass is 79.9. The van der Waals surface area contributed by atoms with Crippen LogP contribution in [0.2, 0.25) is 5.02 Å². The van der Waals surface area contributed by atoms with E-state index in [1.165, 1.54) is 6.07 Å². The maximum absolute atomic E-state index is 13.5. The van der Waals surface area contributed by atoms with Crippen molar-refractivity contribution in [1.82, 2.24) is 15.0 Å². The van der Waals surface area contributed by atoms with Crippen LogP contribution in [0.5, 0.6) is 0 Å². The molecule has 0 saturated carbocycles. The van der Waals surface area contributed by atoms with Gasteiger partial charge in [0, 0.05) is 22.1 Å². The first-order chi connectivity index (χ1) is 7.70. The SMILES string of the molecule is Fc1cccc(Cl)c1Cn1cc(CBr)nn1. The van der Waals surface area contributed by atoms with Crippen LogP contribution < -0.4 is 0 Å². The Kier molecular flexibility index (Phi) is 3.56. The number of hydrogen-bond acceptors (Lipinski definition) is 2. The third-order valence-electron chi connectivity index (χ3n) is 2.10. The normalized spacial score (nSPS) is 10.7. The number of nitrogens with zero attached hydrogens (tertiary/aromatic N) is 3. The van der Waals surface area contributed by atoms with Gasteiger partial charge in [0.15, 0.2) is 0 Å². The fourth-order valence-corrected chi connectivity index (χ4v) is 1.80. The molecule has 0 aliphatic carbocycles. The zero-order valence-corrected chi connectivity index (χ0v) is 10.5. The molecule has 0 N–H and O–H groups in total. The Morgan fingerprint density at radius 2 is 2.25 bits per heavy atom. The van der Waals surface area contributed by atoms with Crippen molar-refractivity contribution in [1.29, 1.82) is 0 Å². The summed E-state index contributed by atoms with van der Waals surface area (Å²) in [6.07, 6.45) is 1.75. The first kappa shape index (κ1) is 11.5. The van der Waals surface area contributed by atoms with Crippen molar-refractivity contribution < 1.29 is 4.39 Å². The average Bonchev–Trinajstić information content (AvgIpc) is 2.71. The summed E-state index contributed by atoms with van der Waals surface area (Å²) in [4.78, 5) is 0. The topological polar surface area (TPSA) is 30.7 Å². The van der Waals surface area contributed by atoms with Gasteiger partial charge in [0.05, 0.1) is 12.2 Å². The molecule has 0 radical (unpaired) electrons. The molecule has 0 atom stereocenters. The molecule has 1 aromatic carbocycles. The average molecular weight is 305 g/mol. The number of benzene rings is 1. The molecule has 0 aliphatic heterocycles. The Labute approximate surface area is 105 Å². The van der Waals surface area contributed by atoms with Gasteiger partial charge in [0.1, 0.15) is 5.82 Å². The molecule has 2 aromatic rings. The lowest BCUT2D eigenvalue weighted by Gasteiger charge is -2.04. The highest BCUT2D eigenvalue weighted by molar-refractivity contribution is 9.08. The van der Waals surface area contributed by atoms with Crippen LogP contribution in [0.25, 0.3) is 0 Å². The van der Waals surface area contributed by atoms with Crippen molar-refractivity contribution in [2.45, 2.75) is 11.9 Å².